The van der Waals surface area contributed by atoms with E-state index in [1.54, 1.807) is 24.4 Å². The van der Waals surface area contributed by atoms with Crippen LogP contribution < -0.4 is 15.8 Å². The van der Waals surface area contributed by atoms with Crippen LogP contribution >= 0.6 is 11.6 Å². The molecule has 5 nitrogen and oxygen atoms in total. The van der Waals surface area contributed by atoms with Crippen molar-refractivity contribution in [2.24, 2.45) is 0 Å². The van der Waals surface area contributed by atoms with Gasteiger partial charge >= 0.3 is 0 Å². The lowest BCUT2D eigenvalue weighted by atomic mass is 10.1. The van der Waals surface area contributed by atoms with Crippen LogP contribution in [0.3, 0.4) is 0 Å². The van der Waals surface area contributed by atoms with Crippen molar-refractivity contribution < 1.29 is 22.3 Å². The number of aromatic nitrogens is 2. The first kappa shape index (κ1) is 23.3. The van der Waals surface area contributed by atoms with Crippen LogP contribution in [0.5, 0.6) is 5.75 Å². The van der Waals surface area contributed by atoms with Gasteiger partial charge in [-0.1, -0.05) is 17.7 Å². The highest BCUT2D eigenvalue weighted by atomic mass is 35.5. The van der Waals surface area contributed by atoms with Crippen molar-refractivity contribution in [2.45, 2.75) is 37.8 Å². The topological polar surface area (TPSA) is 73.1 Å². The molecule has 0 saturated carbocycles. The number of pyridine rings is 2. The summed E-state index contributed by atoms with van der Waals surface area (Å²) in [5.41, 5.74) is 7.79. The summed E-state index contributed by atoms with van der Waals surface area (Å²) in [6.45, 7) is 1.20. The number of nitrogens with zero attached hydrogens (tertiary/aromatic N) is 2. The second-order valence-corrected chi connectivity index (χ2v) is 8.38. The zero-order valence-corrected chi connectivity index (χ0v) is 18.3. The highest BCUT2D eigenvalue weighted by Crippen LogP contribution is 2.35. The first-order valence-electron chi connectivity index (χ1n) is 10.2. The van der Waals surface area contributed by atoms with Crippen molar-refractivity contribution in [3.8, 4) is 16.9 Å². The predicted octanol–water partition coefficient (Wildman–Crippen LogP) is 5.34. The molecule has 3 heterocycles. The molecule has 2 atom stereocenters. The van der Waals surface area contributed by atoms with E-state index in [-0.39, 0.29) is 41.2 Å². The Morgan fingerprint density at radius 2 is 1.88 bits per heavy atom. The molecule has 33 heavy (non-hydrogen) atoms. The minimum atomic E-state index is -2.69. The number of rotatable bonds is 6. The second kappa shape index (κ2) is 9.15. The number of benzene rings is 1. The fraction of sp³-hybridized carbons (Fsp3) is 0.304. The Labute approximate surface area is 193 Å². The number of nitrogens with two attached hydrogens (primary N) is 1. The molecule has 4 rings (SSSR count). The Bertz CT molecular complexity index is 1160. The Morgan fingerprint density at radius 3 is 2.55 bits per heavy atom. The van der Waals surface area contributed by atoms with Crippen LogP contribution in [0.15, 0.2) is 42.7 Å². The summed E-state index contributed by atoms with van der Waals surface area (Å²) in [5, 5.41) is 2.45. The molecule has 0 spiro atoms. The van der Waals surface area contributed by atoms with E-state index >= 15 is 0 Å². The van der Waals surface area contributed by atoms with Crippen LogP contribution in [0.2, 0.25) is 5.02 Å². The number of nitrogens with one attached hydrogen (secondary N) is 1. The van der Waals surface area contributed by atoms with Crippen LogP contribution in [-0.2, 0) is 6.42 Å². The smallest absolute Gasteiger partial charge is 0.261 e. The summed E-state index contributed by atoms with van der Waals surface area (Å²) in [6, 6.07) is 6.75. The number of halogens is 5. The van der Waals surface area contributed by atoms with Crippen LogP contribution in [0.1, 0.15) is 30.7 Å². The van der Waals surface area contributed by atoms with Gasteiger partial charge in [0.05, 0.1) is 11.6 Å². The molecule has 1 saturated heterocycles. The molecule has 2 aromatic heterocycles. The Morgan fingerprint density at radius 1 is 1.15 bits per heavy atom. The Hall–Kier alpha value is -2.91. The summed E-state index contributed by atoms with van der Waals surface area (Å²) in [7, 11) is 0. The van der Waals surface area contributed by atoms with Crippen molar-refractivity contribution in [1.82, 2.24) is 15.3 Å². The van der Waals surface area contributed by atoms with Crippen LogP contribution in [0.25, 0.3) is 11.1 Å². The van der Waals surface area contributed by atoms with Crippen LogP contribution in [-0.4, -0.2) is 28.5 Å². The number of ether oxygens (including phenoxy) is 1. The molecule has 0 aliphatic carbocycles. The average Bonchev–Trinajstić information content (AvgIpc) is 3.11. The molecule has 3 aromatic rings. The van der Waals surface area contributed by atoms with Gasteiger partial charge < -0.3 is 15.8 Å². The average molecular weight is 481 g/mol. The van der Waals surface area contributed by atoms with E-state index in [0.29, 0.717) is 23.2 Å². The van der Waals surface area contributed by atoms with Gasteiger partial charge in [-0.15, -0.1) is 0 Å². The van der Waals surface area contributed by atoms with Crippen molar-refractivity contribution in [2.75, 3.05) is 12.3 Å². The van der Waals surface area contributed by atoms with Crippen molar-refractivity contribution in [3.05, 3.63) is 70.6 Å². The van der Waals surface area contributed by atoms with E-state index in [2.05, 4.69) is 15.3 Å². The third-order valence-electron chi connectivity index (χ3n) is 5.48. The molecule has 0 radical (unpaired) electrons. The lowest BCUT2D eigenvalue weighted by Gasteiger charge is -2.18. The molecule has 1 aromatic carbocycles. The molecular formula is C23H21ClF4N4O. The van der Waals surface area contributed by atoms with E-state index < -0.39 is 23.7 Å². The maximum absolute atomic E-state index is 14.2. The number of nitrogen functional groups attached to an aromatic ring is 1. The fourth-order valence-electron chi connectivity index (χ4n) is 3.78. The third kappa shape index (κ3) is 5.20. The minimum Gasteiger partial charge on any atom is -0.482 e. The van der Waals surface area contributed by atoms with E-state index in [1.165, 1.54) is 13.1 Å². The first-order chi connectivity index (χ1) is 15.6. The van der Waals surface area contributed by atoms with E-state index in [1.807, 2.05) is 0 Å². The quantitative estimate of drug-likeness (QED) is 0.368. The van der Waals surface area contributed by atoms with Gasteiger partial charge in [0, 0.05) is 53.7 Å². The lowest BCUT2D eigenvalue weighted by Crippen LogP contribution is -2.24. The minimum absolute atomic E-state index is 0.0661. The summed E-state index contributed by atoms with van der Waals surface area (Å²) in [6.07, 6.45) is 2.36. The second-order valence-electron chi connectivity index (χ2n) is 8.00. The number of hydrogen-bond donors (Lipinski definition) is 2. The fourth-order valence-corrected chi connectivity index (χ4v) is 4.09. The molecule has 2 unspecified atom stereocenters. The molecule has 0 bridgehead atoms. The SMILES string of the molecule is CC(Oc1cc(-c2ccc(CC3CC(F)(F)CN3)nc2)cnc1N)c1c(F)ccc(F)c1Cl. The predicted molar refractivity (Wildman–Crippen MR) is 117 cm³/mol. The van der Waals surface area contributed by atoms with E-state index in [4.69, 9.17) is 22.1 Å². The monoisotopic (exact) mass is 480 g/mol. The molecule has 10 heteroatoms. The first-order valence-corrected chi connectivity index (χ1v) is 10.6. The van der Waals surface area contributed by atoms with Crippen molar-refractivity contribution >= 4 is 17.4 Å². The molecular weight excluding hydrogens is 460 g/mol. The maximum atomic E-state index is 14.2. The van der Waals surface area contributed by atoms with Crippen molar-refractivity contribution in [1.29, 1.82) is 0 Å². The Balaban J connectivity index is 1.51. The molecule has 1 fully saturated rings. The van der Waals surface area contributed by atoms with E-state index in [0.717, 1.165) is 12.1 Å². The highest BCUT2D eigenvalue weighted by molar-refractivity contribution is 6.31. The molecule has 174 valence electrons. The van der Waals surface area contributed by atoms with Gasteiger partial charge in [0.1, 0.15) is 17.7 Å². The van der Waals surface area contributed by atoms with E-state index in [9.17, 15) is 17.6 Å². The largest absolute Gasteiger partial charge is 0.482 e. The normalized spacial score (nSPS) is 18.3. The van der Waals surface area contributed by atoms with Gasteiger partial charge in [0.15, 0.2) is 11.6 Å². The van der Waals surface area contributed by atoms with Crippen LogP contribution in [0.4, 0.5) is 23.4 Å². The number of anilines is 1. The zero-order chi connectivity index (χ0) is 23.8. The van der Waals surface area contributed by atoms with Gasteiger partial charge in [-0.05, 0) is 31.2 Å². The van der Waals surface area contributed by atoms with Gasteiger partial charge in [-0.3, -0.25) is 4.98 Å². The summed E-state index contributed by atoms with van der Waals surface area (Å²) in [4.78, 5) is 8.48. The number of hydrogen-bond acceptors (Lipinski definition) is 5. The molecule has 1 aliphatic rings. The van der Waals surface area contributed by atoms with Gasteiger partial charge in [0.25, 0.3) is 5.92 Å². The summed E-state index contributed by atoms with van der Waals surface area (Å²) >= 11 is 5.92. The summed E-state index contributed by atoms with van der Waals surface area (Å²) < 4.78 is 60.5. The Kier molecular flexibility index (Phi) is 6.45. The lowest BCUT2D eigenvalue weighted by molar-refractivity contribution is 0.0211. The van der Waals surface area contributed by atoms with Crippen molar-refractivity contribution in [3.63, 3.8) is 0 Å². The molecule has 3 N–H and O–H groups in total. The standard InChI is InChI=1S/C23H21ClF4N4O/c1-12(20-17(25)4-5-18(26)21(20)24)33-19-6-14(10-31-22(19)29)13-2-3-15(30-9-13)7-16-8-23(27,28)11-32-16/h2-6,9-10,12,16,32H,7-8,11H2,1H3,(H2,29,31). The van der Waals surface area contributed by atoms with Gasteiger partial charge in [-0.25, -0.2) is 22.5 Å². The maximum Gasteiger partial charge on any atom is 0.261 e. The zero-order valence-electron chi connectivity index (χ0n) is 17.6. The third-order valence-corrected chi connectivity index (χ3v) is 5.86. The van der Waals surface area contributed by atoms with Gasteiger partial charge in [0.2, 0.25) is 0 Å². The summed E-state index contributed by atoms with van der Waals surface area (Å²) in [5.74, 6) is -3.92. The highest BCUT2D eigenvalue weighted by Gasteiger charge is 2.39. The van der Waals surface area contributed by atoms with Crippen LogP contribution in [0, 0.1) is 11.6 Å². The number of alkyl halides is 2. The molecule has 0 amide bonds. The van der Waals surface area contributed by atoms with Gasteiger partial charge in [-0.2, -0.15) is 0 Å². The molecule has 1 aliphatic heterocycles.